The highest BCUT2D eigenvalue weighted by Crippen LogP contribution is 2.23. The van der Waals surface area contributed by atoms with E-state index in [9.17, 15) is 9.59 Å². The third kappa shape index (κ3) is 2.78. The van der Waals surface area contributed by atoms with E-state index in [-0.39, 0.29) is 5.89 Å². The molecule has 2 aromatic carbocycles. The Balaban J connectivity index is 2.14. The Kier molecular flexibility index (Phi) is 3.80. The van der Waals surface area contributed by atoms with Crippen molar-refractivity contribution in [1.29, 1.82) is 0 Å². The first-order chi connectivity index (χ1) is 11.1. The predicted octanol–water partition coefficient (Wildman–Crippen LogP) is 2.65. The summed E-state index contributed by atoms with van der Waals surface area (Å²) in [7, 11) is 2.82. The van der Waals surface area contributed by atoms with Crippen molar-refractivity contribution < 1.29 is 18.7 Å². The Labute approximate surface area is 131 Å². The van der Waals surface area contributed by atoms with Crippen LogP contribution in [0.4, 0.5) is 0 Å². The molecular formula is C17H13NO5. The first-order valence-corrected chi connectivity index (χ1v) is 6.80. The number of hydrogen-bond acceptors (Lipinski definition) is 6. The van der Waals surface area contributed by atoms with Gasteiger partial charge >= 0.3 is 5.97 Å². The first-order valence-electron chi connectivity index (χ1n) is 6.80. The number of esters is 1. The van der Waals surface area contributed by atoms with Crippen LogP contribution in [-0.4, -0.2) is 25.2 Å². The molecule has 0 radical (unpaired) electrons. The van der Waals surface area contributed by atoms with Crippen LogP contribution in [0, 0.1) is 0 Å². The highest BCUT2D eigenvalue weighted by Gasteiger charge is 2.12. The third-order valence-electron chi connectivity index (χ3n) is 3.36. The van der Waals surface area contributed by atoms with Gasteiger partial charge in [0.15, 0.2) is 0 Å². The van der Waals surface area contributed by atoms with Crippen molar-refractivity contribution in [3.8, 4) is 17.2 Å². The number of carbonyl (C=O) groups excluding carboxylic acids is 1. The van der Waals surface area contributed by atoms with Gasteiger partial charge in [-0.05, 0) is 36.4 Å². The molecule has 0 unspecified atom stereocenters. The molecule has 0 amide bonds. The van der Waals surface area contributed by atoms with Crippen molar-refractivity contribution >= 4 is 16.9 Å². The summed E-state index contributed by atoms with van der Waals surface area (Å²) in [6, 6.07) is 11.5. The van der Waals surface area contributed by atoms with Gasteiger partial charge in [0, 0.05) is 5.56 Å². The topological polar surface area (TPSA) is 78.6 Å². The van der Waals surface area contributed by atoms with Crippen molar-refractivity contribution in [2.45, 2.75) is 0 Å². The highest BCUT2D eigenvalue weighted by molar-refractivity contribution is 5.90. The van der Waals surface area contributed by atoms with Gasteiger partial charge in [-0.3, -0.25) is 4.79 Å². The molecule has 0 saturated carbocycles. The lowest BCUT2D eigenvalue weighted by Gasteiger charge is -2.05. The Morgan fingerprint density at radius 3 is 2.70 bits per heavy atom. The molecule has 116 valence electrons. The van der Waals surface area contributed by atoms with E-state index in [0.717, 1.165) is 0 Å². The molecule has 0 fully saturated rings. The minimum Gasteiger partial charge on any atom is -0.497 e. The zero-order valence-corrected chi connectivity index (χ0v) is 12.5. The van der Waals surface area contributed by atoms with Crippen molar-refractivity contribution in [2.24, 2.45) is 0 Å². The molecule has 3 aromatic rings. The second kappa shape index (κ2) is 5.92. The van der Waals surface area contributed by atoms with E-state index in [1.165, 1.54) is 14.2 Å². The fourth-order valence-electron chi connectivity index (χ4n) is 2.19. The van der Waals surface area contributed by atoms with Crippen molar-refractivity contribution in [3.63, 3.8) is 0 Å². The number of benzene rings is 2. The van der Waals surface area contributed by atoms with Crippen LogP contribution >= 0.6 is 0 Å². The van der Waals surface area contributed by atoms with Crippen LogP contribution in [0.5, 0.6) is 5.75 Å². The number of nitrogens with zero attached hydrogens (tertiary/aromatic N) is 1. The molecular weight excluding hydrogens is 298 g/mol. The van der Waals surface area contributed by atoms with Gasteiger partial charge in [0.25, 0.3) is 5.56 Å². The predicted molar refractivity (Wildman–Crippen MR) is 83.6 cm³/mol. The van der Waals surface area contributed by atoms with E-state index in [0.29, 0.717) is 27.8 Å². The Hall–Kier alpha value is -3.15. The molecule has 0 atom stereocenters. The summed E-state index contributed by atoms with van der Waals surface area (Å²) >= 11 is 0. The number of hydrogen-bond donors (Lipinski definition) is 0. The summed E-state index contributed by atoms with van der Waals surface area (Å²) < 4.78 is 15.4. The van der Waals surface area contributed by atoms with Gasteiger partial charge in [-0.1, -0.05) is 6.07 Å². The van der Waals surface area contributed by atoms with E-state index in [1.54, 1.807) is 42.5 Å². The maximum atomic E-state index is 12.2. The second-order valence-corrected chi connectivity index (χ2v) is 4.76. The van der Waals surface area contributed by atoms with Crippen LogP contribution in [-0.2, 0) is 4.74 Å². The molecule has 3 rings (SSSR count). The molecule has 0 N–H and O–H groups in total. The first kappa shape index (κ1) is 14.8. The number of carbonyl (C=O) groups is 1. The molecule has 0 aliphatic carbocycles. The fraction of sp³-hybridized carbons (Fsp3) is 0.118. The molecule has 0 aliphatic heterocycles. The van der Waals surface area contributed by atoms with Crippen LogP contribution < -0.4 is 10.3 Å². The molecule has 1 heterocycles. The van der Waals surface area contributed by atoms with Crippen molar-refractivity contribution in [3.05, 3.63) is 58.4 Å². The maximum Gasteiger partial charge on any atom is 0.337 e. The number of methoxy groups -OCH3 is 2. The van der Waals surface area contributed by atoms with Crippen molar-refractivity contribution in [1.82, 2.24) is 4.98 Å². The summed E-state index contributed by atoms with van der Waals surface area (Å²) in [5.41, 5.74) is 0.833. The van der Waals surface area contributed by atoms with Crippen LogP contribution in [0.1, 0.15) is 10.4 Å². The molecule has 0 aliphatic rings. The Morgan fingerprint density at radius 1 is 1.13 bits per heavy atom. The normalized spacial score (nSPS) is 10.5. The lowest BCUT2D eigenvalue weighted by atomic mass is 10.1. The molecule has 0 spiro atoms. The Bertz CT molecular complexity index is 945. The molecule has 6 heteroatoms. The molecule has 0 saturated heterocycles. The van der Waals surface area contributed by atoms with Gasteiger partial charge in [-0.2, -0.15) is 4.98 Å². The smallest absolute Gasteiger partial charge is 0.337 e. The quantitative estimate of drug-likeness (QED) is 0.692. The molecule has 6 nitrogen and oxygen atoms in total. The van der Waals surface area contributed by atoms with E-state index >= 15 is 0 Å². The van der Waals surface area contributed by atoms with Gasteiger partial charge in [0.2, 0.25) is 5.89 Å². The van der Waals surface area contributed by atoms with Crippen molar-refractivity contribution in [2.75, 3.05) is 14.2 Å². The summed E-state index contributed by atoms with van der Waals surface area (Å²) in [6.07, 6.45) is 0. The zero-order valence-electron chi connectivity index (χ0n) is 12.5. The number of aromatic nitrogens is 1. The lowest BCUT2D eigenvalue weighted by molar-refractivity contribution is 0.0601. The van der Waals surface area contributed by atoms with E-state index in [2.05, 4.69) is 9.72 Å². The van der Waals surface area contributed by atoms with Crippen LogP contribution in [0.3, 0.4) is 0 Å². The number of ether oxygens (including phenoxy) is 2. The lowest BCUT2D eigenvalue weighted by Crippen LogP contribution is -2.08. The molecule has 1 aromatic heterocycles. The average molecular weight is 311 g/mol. The minimum atomic E-state index is -0.472. The minimum absolute atomic E-state index is 0.137. The summed E-state index contributed by atoms with van der Waals surface area (Å²) in [5, 5.41) is 0.331. The van der Waals surface area contributed by atoms with Crippen LogP contribution in [0.15, 0.2) is 51.7 Å². The standard InChI is InChI=1S/C17H13NO5/c1-21-12-6-7-14-13(9-12)15(19)18-16(23-14)10-4-3-5-11(8-10)17(20)22-2/h3-9H,1-2H3. The third-order valence-corrected chi connectivity index (χ3v) is 3.36. The number of rotatable bonds is 3. The SMILES string of the molecule is COC(=O)c1cccc(-c2nc(=O)c3cc(OC)ccc3o2)c1. The van der Waals surface area contributed by atoms with Crippen LogP contribution in [0.25, 0.3) is 22.4 Å². The second-order valence-electron chi connectivity index (χ2n) is 4.76. The molecule has 0 bridgehead atoms. The van der Waals surface area contributed by atoms with Gasteiger partial charge in [0.1, 0.15) is 11.3 Å². The maximum absolute atomic E-state index is 12.2. The number of fused-ring (bicyclic) bond motifs is 1. The van der Waals surface area contributed by atoms with Gasteiger partial charge in [0.05, 0.1) is 25.2 Å². The summed E-state index contributed by atoms with van der Waals surface area (Å²) in [6.45, 7) is 0. The Morgan fingerprint density at radius 2 is 1.96 bits per heavy atom. The van der Waals surface area contributed by atoms with E-state index in [1.807, 2.05) is 0 Å². The van der Waals surface area contributed by atoms with E-state index < -0.39 is 11.5 Å². The van der Waals surface area contributed by atoms with Gasteiger partial charge in [-0.15, -0.1) is 0 Å². The zero-order chi connectivity index (χ0) is 16.4. The summed E-state index contributed by atoms with van der Waals surface area (Å²) in [5.74, 6) is 0.213. The fourth-order valence-corrected chi connectivity index (χ4v) is 2.19. The van der Waals surface area contributed by atoms with Gasteiger partial charge in [-0.25, -0.2) is 4.79 Å². The monoisotopic (exact) mass is 311 g/mol. The van der Waals surface area contributed by atoms with Gasteiger partial charge < -0.3 is 13.9 Å². The largest absolute Gasteiger partial charge is 0.497 e. The average Bonchev–Trinajstić information content (AvgIpc) is 2.60. The molecule has 23 heavy (non-hydrogen) atoms. The van der Waals surface area contributed by atoms with E-state index in [4.69, 9.17) is 9.15 Å². The van der Waals surface area contributed by atoms with Crippen LogP contribution in [0.2, 0.25) is 0 Å². The summed E-state index contributed by atoms with van der Waals surface area (Å²) in [4.78, 5) is 27.7. The highest BCUT2D eigenvalue weighted by atomic mass is 16.5.